The fourth-order valence-corrected chi connectivity index (χ4v) is 5.23. The molecule has 0 bridgehead atoms. The van der Waals surface area contributed by atoms with Gasteiger partial charge in [0.15, 0.2) is 0 Å². The summed E-state index contributed by atoms with van der Waals surface area (Å²) in [4.78, 5) is 47.1. The number of phenolic OH excluding ortho intramolecular Hbond substituents is 1. The predicted octanol–water partition coefficient (Wildman–Crippen LogP) is 3.01. The van der Waals surface area contributed by atoms with Gasteiger partial charge in [0.2, 0.25) is 5.91 Å². The fraction of sp³-hybridized carbons (Fsp3) is 0.324. The molecule has 1 heterocycles. The Labute approximate surface area is 280 Å². The number of carboxylic acids is 1. The molecule has 1 saturated heterocycles. The van der Waals surface area contributed by atoms with Crippen LogP contribution in [0.25, 0.3) is 0 Å². The maximum atomic E-state index is 13.5. The van der Waals surface area contributed by atoms with Crippen LogP contribution in [0, 0.1) is 11.3 Å². The number of phenols is 1. The standard InChI is InChI=1S/C32H35N5O5.C2HF3O2/c1-3-42-31(40)25-9-11-26(12-10-25)35-32(41)36-29(18-22-7-13-28(38)14-8-22)30(39)34-27-15-16-37(2,21-27)20-24-6-4-5-23(17-24)19-33;3-2(4,5)1(6)7/h4-14,17,27,29H,3,15-16,18,20-21H2,1-2H3,(H3-,34,35,36,38,39,40,41);(H,6,7)/t27-,29-,37?;/m0./s1. The number of carbonyl (C=O) groups is 4. The number of hydrogen-bond donors (Lipinski definition) is 4. The number of hydrogen-bond acceptors (Lipinski definition) is 8. The van der Waals surface area contributed by atoms with Crippen molar-refractivity contribution in [3.8, 4) is 11.8 Å². The lowest BCUT2D eigenvalue weighted by molar-refractivity contribution is -0.911. The highest BCUT2D eigenvalue weighted by molar-refractivity contribution is 5.95. The number of likely N-dealkylation sites (N-methyl/N-ethyl adjacent to an activating group) is 1. The van der Waals surface area contributed by atoms with Gasteiger partial charge in [-0.1, -0.05) is 24.3 Å². The molecular weight excluding hydrogens is 647 g/mol. The van der Waals surface area contributed by atoms with Crippen molar-refractivity contribution in [3.63, 3.8) is 0 Å². The maximum Gasteiger partial charge on any atom is 0.430 e. The lowest BCUT2D eigenvalue weighted by atomic mass is 10.0. The highest BCUT2D eigenvalue weighted by atomic mass is 19.4. The topological polar surface area (TPSA) is 181 Å². The van der Waals surface area contributed by atoms with Gasteiger partial charge in [-0.2, -0.15) is 18.4 Å². The third-order valence-electron chi connectivity index (χ3n) is 7.53. The van der Waals surface area contributed by atoms with Crippen LogP contribution in [0.4, 0.5) is 23.7 Å². The Balaban J connectivity index is 0.000000838. The van der Waals surface area contributed by atoms with Crippen LogP contribution in [0.2, 0.25) is 0 Å². The van der Waals surface area contributed by atoms with Crippen molar-refractivity contribution in [2.75, 3.05) is 32.1 Å². The van der Waals surface area contributed by atoms with Gasteiger partial charge < -0.3 is 40.2 Å². The van der Waals surface area contributed by atoms with Crippen molar-refractivity contribution in [2.45, 2.75) is 44.6 Å². The van der Waals surface area contributed by atoms with Gasteiger partial charge in [0, 0.05) is 24.1 Å². The molecule has 1 aliphatic heterocycles. The monoisotopic (exact) mass is 683 g/mol. The Morgan fingerprint density at radius 1 is 1.06 bits per heavy atom. The van der Waals surface area contributed by atoms with Gasteiger partial charge in [-0.15, -0.1) is 0 Å². The number of likely N-dealkylation sites (tertiary alicyclic amines) is 1. The van der Waals surface area contributed by atoms with Crippen molar-refractivity contribution in [1.29, 1.82) is 5.26 Å². The third-order valence-corrected chi connectivity index (χ3v) is 7.53. The molecule has 3 aromatic carbocycles. The minimum atomic E-state index is -5.19. The van der Waals surface area contributed by atoms with Crippen LogP contribution in [0.1, 0.15) is 40.4 Å². The molecule has 4 rings (SSSR count). The van der Waals surface area contributed by atoms with Crippen LogP contribution >= 0.6 is 0 Å². The fourth-order valence-electron chi connectivity index (χ4n) is 5.23. The van der Waals surface area contributed by atoms with Crippen LogP contribution in [0.5, 0.6) is 5.75 Å². The van der Waals surface area contributed by atoms with E-state index in [0.29, 0.717) is 23.4 Å². The zero-order chi connectivity index (χ0) is 36.2. The van der Waals surface area contributed by atoms with Crippen molar-refractivity contribution < 1.29 is 51.8 Å². The van der Waals surface area contributed by atoms with Crippen molar-refractivity contribution in [1.82, 2.24) is 10.6 Å². The summed E-state index contributed by atoms with van der Waals surface area (Å²) in [5.74, 6) is -3.65. The van der Waals surface area contributed by atoms with E-state index in [9.17, 15) is 37.9 Å². The van der Waals surface area contributed by atoms with E-state index in [-0.39, 0.29) is 30.7 Å². The number of anilines is 1. The molecule has 0 radical (unpaired) electrons. The molecule has 0 aliphatic carbocycles. The first-order chi connectivity index (χ1) is 23.1. The van der Waals surface area contributed by atoms with Crippen LogP contribution in [-0.4, -0.2) is 78.5 Å². The van der Waals surface area contributed by atoms with E-state index < -0.39 is 30.2 Å². The van der Waals surface area contributed by atoms with Crippen molar-refractivity contribution in [3.05, 3.63) is 95.1 Å². The second-order valence-corrected chi connectivity index (χ2v) is 11.6. The van der Waals surface area contributed by atoms with E-state index in [1.807, 2.05) is 18.2 Å². The van der Waals surface area contributed by atoms with E-state index in [2.05, 4.69) is 29.1 Å². The van der Waals surface area contributed by atoms with Gasteiger partial charge in [0.25, 0.3) is 0 Å². The zero-order valence-corrected chi connectivity index (χ0v) is 26.8. The van der Waals surface area contributed by atoms with Crippen molar-refractivity contribution >= 4 is 29.6 Å². The maximum absolute atomic E-state index is 13.5. The number of nitriles is 1. The largest absolute Gasteiger partial charge is 0.542 e. The number of urea groups is 1. The third kappa shape index (κ3) is 12.2. The summed E-state index contributed by atoms with van der Waals surface area (Å²) < 4.78 is 37.3. The average molecular weight is 684 g/mol. The summed E-state index contributed by atoms with van der Waals surface area (Å²) in [7, 11) is 2.14. The molecule has 1 aliphatic rings. The number of ether oxygens (including phenoxy) is 1. The van der Waals surface area contributed by atoms with E-state index in [1.165, 1.54) is 12.1 Å². The molecule has 0 spiro atoms. The Hall–Kier alpha value is -5.62. The minimum absolute atomic E-state index is 0.0794. The predicted molar refractivity (Wildman–Crippen MR) is 169 cm³/mol. The number of carboxylic acid groups (broad SMARTS) is 1. The summed E-state index contributed by atoms with van der Waals surface area (Å²) in [6, 6.07) is 21.0. The minimum Gasteiger partial charge on any atom is -0.542 e. The van der Waals surface area contributed by atoms with E-state index in [0.717, 1.165) is 35.1 Å². The summed E-state index contributed by atoms with van der Waals surface area (Å²) in [6.07, 6.45) is -4.19. The summed E-state index contributed by atoms with van der Waals surface area (Å²) >= 11 is 0. The van der Waals surface area contributed by atoms with Gasteiger partial charge in [-0.25, -0.2) is 9.59 Å². The molecule has 260 valence electrons. The van der Waals surface area contributed by atoms with Crippen LogP contribution in [0.3, 0.4) is 0 Å². The smallest absolute Gasteiger partial charge is 0.430 e. The molecule has 3 atom stereocenters. The first kappa shape index (κ1) is 37.8. The number of alkyl halides is 3. The number of benzene rings is 3. The molecule has 15 heteroatoms. The number of aliphatic carboxylic acids is 1. The zero-order valence-electron chi connectivity index (χ0n) is 26.8. The quantitative estimate of drug-likeness (QED) is 0.186. The number of quaternary nitrogens is 1. The lowest BCUT2D eigenvalue weighted by Crippen LogP contribution is -2.53. The van der Waals surface area contributed by atoms with Gasteiger partial charge in [-0.05, 0) is 61.0 Å². The molecule has 3 aromatic rings. The SMILES string of the molecule is CCOC(=O)c1ccc(NC(=O)N[C@@H](Cc2ccc(O)cc2)C(=O)N[C@H]2CC[N+](C)(Cc3cccc(C#N)c3)C2)cc1.O=C([O-])C(F)(F)F. The van der Waals surface area contributed by atoms with Gasteiger partial charge in [0.05, 0.1) is 50.0 Å². The van der Waals surface area contributed by atoms with Gasteiger partial charge >= 0.3 is 18.2 Å². The Morgan fingerprint density at radius 3 is 2.31 bits per heavy atom. The normalized spacial score (nSPS) is 17.3. The highest BCUT2D eigenvalue weighted by Crippen LogP contribution is 2.22. The first-order valence-corrected chi connectivity index (χ1v) is 15.1. The Bertz CT molecular complexity index is 1660. The average Bonchev–Trinajstić information content (AvgIpc) is 3.41. The van der Waals surface area contributed by atoms with Crippen LogP contribution in [0.15, 0.2) is 72.8 Å². The number of amides is 3. The molecule has 0 aromatic heterocycles. The van der Waals surface area contributed by atoms with E-state index >= 15 is 0 Å². The summed E-state index contributed by atoms with van der Waals surface area (Å²) in [5.41, 5.74) is 3.29. The first-order valence-electron chi connectivity index (χ1n) is 15.1. The van der Waals surface area contributed by atoms with E-state index in [1.54, 1.807) is 49.4 Å². The van der Waals surface area contributed by atoms with Crippen LogP contribution in [-0.2, 0) is 27.3 Å². The van der Waals surface area contributed by atoms with Gasteiger partial charge in [-0.3, -0.25) is 4.79 Å². The summed E-state index contributed by atoms with van der Waals surface area (Å²) in [6.45, 7) is 4.31. The highest BCUT2D eigenvalue weighted by Gasteiger charge is 2.37. The van der Waals surface area contributed by atoms with Crippen molar-refractivity contribution in [2.24, 2.45) is 0 Å². The second-order valence-electron chi connectivity index (χ2n) is 11.6. The molecule has 12 nitrogen and oxygen atoms in total. The molecule has 0 saturated carbocycles. The van der Waals surface area contributed by atoms with Gasteiger partial charge in [0.1, 0.15) is 24.3 Å². The van der Waals surface area contributed by atoms with E-state index in [4.69, 9.17) is 14.6 Å². The molecule has 1 fully saturated rings. The molecule has 3 amide bonds. The van der Waals surface area contributed by atoms with Crippen LogP contribution < -0.4 is 21.1 Å². The Kier molecular flexibility index (Phi) is 13.1. The number of nitrogens with one attached hydrogen (secondary N) is 3. The number of esters is 1. The molecule has 4 N–H and O–H groups in total. The number of carbonyl (C=O) groups excluding carboxylic acids is 4. The molecular formula is C34H36F3N5O7. The number of aromatic hydroxyl groups is 1. The number of nitrogens with zero attached hydrogens (tertiary/aromatic N) is 2. The Morgan fingerprint density at radius 2 is 1.71 bits per heavy atom. The lowest BCUT2D eigenvalue weighted by Gasteiger charge is -2.30. The number of rotatable bonds is 10. The number of halogens is 3. The summed E-state index contributed by atoms with van der Waals surface area (Å²) in [5, 5.41) is 36.3. The molecule has 1 unspecified atom stereocenters. The second kappa shape index (κ2) is 17.0. The molecule has 49 heavy (non-hydrogen) atoms.